The van der Waals surface area contributed by atoms with E-state index in [2.05, 4.69) is 167 Å². The fourth-order valence-corrected chi connectivity index (χ4v) is 15.2. The van der Waals surface area contributed by atoms with Gasteiger partial charge in [0.1, 0.15) is 17.0 Å². The van der Waals surface area contributed by atoms with Crippen molar-refractivity contribution in [2.24, 2.45) is 0 Å². The summed E-state index contributed by atoms with van der Waals surface area (Å²) in [5.41, 5.74) is 6.47. The molecule has 0 radical (unpaired) electrons. The number of nitrogens with zero attached hydrogens (tertiary/aromatic N) is 2. The fourth-order valence-electron chi connectivity index (χ4n) is 10.4. The lowest BCUT2D eigenvalue weighted by atomic mass is 9.74. The summed E-state index contributed by atoms with van der Waals surface area (Å²) in [5, 5.41) is 4.58. The quantitative estimate of drug-likeness (QED) is 0.123. The van der Waals surface area contributed by atoms with Gasteiger partial charge in [-0.2, -0.15) is 4.98 Å². The second kappa shape index (κ2) is 14.8. The van der Waals surface area contributed by atoms with Gasteiger partial charge in [0.15, 0.2) is 13.7 Å². The van der Waals surface area contributed by atoms with E-state index in [0.717, 1.165) is 54.8 Å². The van der Waals surface area contributed by atoms with Gasteiger partial charge < -0.3 is 9.15 Å². The number of hydrogen-bond donors (Lipinski definition) is 0. The topological polar surface area (TPSA) is 39.7 Å². The Balaban J connectivity index is 1.23. The third-order valence-corrected chi connectivity index (χ3v) is 18.2. The molecule has 8 aromatic carbocycles. The number of fused-ring (bicyclic) bond motifs is 7. The van der Waals surface area contributed by atoms with Crippen LogP contribution < -0.4 is 25.5 Å². The summed E-state index contributed by atoms with van der Waals surface area (Å²) in [5.74, 6) is 0.985. The lowest BCUT2D eigenvalue weighted by Gasteiger charge is -2.38. The number of imidazole rings is 1. The van der Waals surface area contributed by atoms with Crippen LogP contribution in [0.25, 0.3) is 50.2 Å². The van der Waals surface area contributed by atoms with Crippen molar-refractivity contribution in [1.29, 1.82) is 0 Å². The number of para-hydroxylation sites is 5. The summed E-state index contributed by atoms with van der Waals surface area (Å²) < 4.78 is 69.6. The van der Waals surface area contributed by atoms with E-state index >= 15 is 0 Å². The third-order valence-electron chi connectivity index (χ3n) is 13.4. The predicted molar refractivity (Wildman–Crippen MR) is 273 cm³/mol. The van der Waals surface area contributed by atoms with Crippen LogP contribution in [0.2, 0.25) is 0 Å². The van der Waals surface area contributed by atoms with E-state index in [9.17, 15) is 0 Å². The molecule has 1 aliphatic heterocycles. The molecular formula is C60H54N2O2Si. The molecule has 0 saturated heterocycles. The predicted octanol–water partition coefficient (Wildman–Crippen LogP) is 13.0. The summed E-state index contributed by atoms with van der Waals surface area (Å²) >= 11 is 0. The van der Waals surface area contributed by atoms with Gasteiger partial charge in [0.25, 0.3) is 0 Å². The van der Waals surface area contributed by atoms with Crippen LogP contribution in [-0.4, -0.2) is 17.5 Å². The summed E-state index contributed by atoms with van der Waals surface area (Å²) in [6.07, 6.45) is 0. The summed E-state index contributed by atoms with van der Waals surface area (Å²) in [4.78, 5) is 5.21. The molecule has 2 aromatic heterocycles. The van der Waals surface area contributed by atoms with Gasteiger partial charge in [-0.25, -0.2) is 0 Å². The fraction of sp³-hybridized carbons (Fsp3) is 0.183. The van der Waals surface area contributed by atoms with Gasteiger partial charge in [-0.15, -0.1) is 0 Å². The molecule has 320 valence electrons. The molecule has 0 saturated carbocycles. The largest absolute Gasteiger partial charge is 0.456 e. The van der Waals surface area contributed by atoms with Crippen LogP contribution in [0.15, 0.2) is 186 Å². The van der Waals surface area contributed by atoms with Crippen molar-refractivity contribution < 1.29 is 17.4 Å². The molecule has 4 nitrogen and oxygen atoms in total. The van der Waals surface area contributed by atoms with Crippen LogP contribution >= 0.6 is 0 Å². The first-order chi connectivity index (χ1) is 33.8. The number of aromatic nitrogens is 2. The maximum Gasteiger partial charge on any atom is 0.307 e. The lowest BCUT2D eigenvalue weighted by molar-refractivity contribution is 0.419. The molecule has 3 heterocycles. The lowest BCUT2D eigenvalue weighted by Crippen LogP contribution is -2.74. The Bertz CT molecular complexity index is 3640. The molecule has 0 aliphatic carbocycles. The van der Waals surface area contributed by atoms with E-state index in [1.165, 1.54) is 15.9 Å². The zero-order valence-electron chi connectivity index (χ0n) is 43.5. The molecule has 11 rings (SSSR count). The molecular weight excluding hydrogens is 809 g/mol. The Morgan fingerprint density at radius 2 is 1.05 bits per heavy atom. The van der Waals surface area contributed by atoms with Crippen LogP contribution in [0.1, 0.15) is 85.7 Å². The van der Waals surface area contributed by atoms with Crippen molar-refractivity contribution in [3.8, 4) is 33.8 Å². The molecule has 5 heteroatoms. The summed E-state index contributed by atoms with van der Waals surface area (Å²) in [6, 6.07) is 61.8. The normalized spacial score (nSPS) is 15.5. The standard InChI is InChI=1S/C60H54N2O2Si/c1-58(2,3)47-35-33-41(37-45(47)43-25-20-30-52-55(43)61-57-62(52)51-29-16-18-32-54(51)64-57)65(39-21-11-9-12-22-39,40-23-13-10-14-24-40)42-34-36-48(59(4,5)6)46(38-42)44-26-19-28-50-56(44)63-53-31-17-15-27-49(53)60(50,7)8/h9-38H,1-8H3/i7D3,8D3. The second-order valence-corrected chi connectivity index (χ2v) is 23.3. The van der Waals surface area contributed by atoms with Crippen molar-refractivity contribution in [3.63, 3.8) is 0 Å². The minimum Gasteiger partial charge on any atom is -0.456 e. The van der Waals surface area contributed by atoms with Crippen LogP contribution in [0.3, 0.4) is 0 Å². The number of rotatable bonds is 6. The van der Waals surface area contributed by atoms with Gasteiger partial charge in [-0.05, 0) is 78.1 Å². The Morgan fingerprint density at radius 3 is 1.69 bits per heavy atom. The molecule has 0 amide bonds. The highest BCUT2D eigenvalue weighted by molar-refractivity contribution is 7.20. The summed E-state index contributed by atoms with van der Waals surface area (Å²) in [6.45, 7) is 7.31. The highest BCUT2D eigenvalue weighted by atomic mass is 28.3. The first kappa shape index (κ1) is 34.5. The minimum absolute atomic E-state index is 0.115. The van der Waals surface area contributed by atoms with Crippen LogP contribution in [-0.2, 0) is 16.2 Å². The first-order valence-electron chi connectivity index (χ1n) is 25.4. The molecule has 0 bridgehead atoms. The van der Waals surface area contributed by atoms with E-state index in [1.807, 2.05) is 24.3 Å². The Kier molecular flexibility index (Phi) is 7.84. The highest BCUT2D eigenvalue weighted by Gasteiger charge is 2.44. The average Bonchev–Trinajstić information content (AvgIpc) is 3.89. The second-order valence-electron chi connectivity index (χ2n) is 19.5. The Labute approximate surface area is 391 Å². The van der Waals surface area contributed by atoms with Crippen molar-refractivity contribution in [1.82, 2.24) is 9.38 Å². The van der Waals surface area contributed by atoms with E-state index in [1.54, 1.807) is 36.4 Å². The van der Waals surface area contributed by atoms with E-state index in [4.69, 9.17) is 22.4 Å². The van der Waals surface area contributed by atoms with Gasteiger partial charge in [-0.1, -0.05) is 213 Å². The first-order valence-corrected chi connectivity index (χ1v) is 24.4. The Hall–Kier alpha value is -6.95. The van der Waals surface area contributed by atoms with E-state index in [0.29, 0.717) is 11.4 Å². The van der Waals surface area contributed by atoms with E-state index in [-0.39, 0.29) is 28.0 Å². The van der Waals surface area contributed by atoms with Gasteiger partial charge in [0, 0.05) is 35.9 Å². The zero-order chi connectivity index (χ0) is 49.9. The minimum atomic E-state index is -3.36. The molecule has 0 N–H and O–H groups in total. The van der Waals surface area contributed by atoms with Crippen molar-refractivity contribution in [2.45, 2.75) is 71.5 Å². The van der Waals surface area contributed by atoms with Gasteiger partial charge in [-0.3, -0.25) is 4.40 Å². The van der Waals surface area contributed by atoms with Crippen LogP contribution in [0.5, 0.6) is 11.5 Å². The molecule has 1 aliphatic rings. The van der Waals surface area contributed by atoms with E-state index < -0.39 is 32.6 Å². The Morgan fingerprint density at radius 1 is 0.508 bits per heavy atom. The van der Waals surface area contributed by atoms with Gasteiger partial charge in [0.2, 0.25) is 0 Å². The van der Waals surface area contributed by atoms with Crippen LogP contribution in [0, 0.1) is 0 Å². The number of hydrogen-bond acceptors (Lipinski definition) is 3. The highest BCUT2D eigenvalue weighted by Crippen LogP contribution is 2.52. The molecule has 0 unspecified atom stereocenters. The number of oxazole rings is 1. The monoisotopic (exact) mass is 868 g/mol. The maximum absolute atomic E-state index is 9.05. The van der Waals surface area contributed by atoms with Crippen molar-refractivity contribution >= 4 is 56.8 Å². The van der Waals surface area contributed by atoms with Gasteiger partial charge >= 0.3 is 5.84 Å². The van der Waals surface area contributed by atoms with Crippen molar-refractivity contribution in [3.05, 3.63) is 204 Å². The third kappa shape index (κ3) is 6.35. The molecule has 65 heavy (non-hydrogen) atoms. The molecule has 0 fully saturated rings. The molecule has 0 atom stereocenters. The van der Waals surface area contributed by atoms with Gasteiger partial charge in [0.05, 0.1) is 11.0 Å². The maximum atomic E-state index is 9.05. The SMILES string of the molecule is [2H]C([2H])([2H])C1(C([2H])([2H])[2H])c2ccccc2Oc2c(-c3cc([Si](c4ccccc4)(c4ccccc4)c4ccc(C(C)(C)C)c(-c5cccc6c5nc5oc7ccccc7n56)c4)ccc3C(C)(C)C)cccc21. The van der Waals surface area contributed by atoms with Crippen LogP contribution in [0.4, 0.5) is 0 Å². The zero-order valence-corrected chi connectivity index (χ0v) is 38.5. The number of ether oxygens (including phenoxy) is 1. The number of benzene rings is 8. The van der Waals surface area contributed by atoms with Crippen molar-refractivity contribution in [2.75, 3.05) is 0 Å². The summed E-state index contributed by atoms with van der Waals surface area (Å²) in [7, 11) is -3.36. The molecule has 0 spiro atoms. The molecule has 10 aromatic rings. The average molecular weight is 869 g/mol. The smallest absolute Gasteiger partial charge is 0.307 e.